The van der Waals surface area contributed by atoms with Crippen molar-refractivity contribution in [2.24, 2.45) is 0 Å². The maximum Gasteiger partial charge on any atom is 0.209 e. The highest BCUT2D eigenvalue weighted by atomic mass is 32.2. The van der Waals surface area contributed by atoms with E-state index in [-0.39, 0.29) is 6.54 Å². The highest BCUT2D eigenvalue weighted by Gasteiger charge is 2.15. The van der Waals surface area contributed by atoms with Crippen LogP contribution in [0.25, 0.3) is 55.6 Å². The predicted molar refractivity (Wildman–Crippen MR) is 144 cm³/mol. The van der Waals surface area contributed by atoms with Crippen LogP contribution >= 0.6 is 0 Å². The molecule has 0 saturated carbocycles. The van der Waals surface area contributed by atoms with Gasteiger partial charge in [0.05, 0.1) is 23.2 Å². The van der Waals surface area contributed by atoms with E-state index >= 15 is 0 Å². The topological polar surface area (TPSA) is 104 Å². The van der Waals surface area contributed by atoms with Gasteiger partial charge in [-0.3, -0.25) is 10.1 Å². The molecule has 6 rings (SSSR count). The fraction of sp³-hybridized carbons (Fsp3) is 0.0714. The Morgan fingerprint density at radius 2 is 1.78 bits per heavy atom. The van der Waals surface area contributed by atoms with Gasteiger partial charge in [-0.15, -0.1) is 0 Å². The fourth-order valence-electron chi connectivity index (χ4n) is 4.57. The number of fused-ring (bicyclic) bond motifs is 2. The van der Waals surface area contributed by atoms with Crippen molar-refractivity contribution in [1.29, 1.82) is 0 Å². The van der Waals surface area contributed by atoms with Crippen molar-refractivity contribution in [3.05, 3.63) is 96.4 Å². The Bertz CT molecular complexity index is 1880. The van der Waals surface area contributed by atoms with Crippen LogP contribution in [-0.2, 0) is 16.6 Å². The molecule has 7 nitrogen and oxygen atoms in total. The minimum atomic E-state index is -3.40. The van der Waals surface area contributed by atoms with Crippen molar-refractivity contribution >= 4 is 31.8 Å². The summed E-state index contributed by atoms with van der Waals surface area (Å²) in [5.74, 6) is -0.434. The molecule has 9 heteroatoms. The first-order valence-electron chi connectivity index (χ1n) is 11.6. The van der Waals surface area contributed by atoms with Gasteiger partial charge in [-0.25, -0.2) is 17.5 Å². The van der Waals surface area contributed by atoms with Crippen LogP contribution < -0.4 is 4.72 Å². The molecule has 3 aromatic carbocycles. The van der Waals surface area contributed by atoms with E-state index < -0.39 is 15.8 Å². The van der Waals surface area contributed by atoms with Crippen LogP contribution in [0.5, 0.6) is 0 Å². The van der Waals surface area contributed by atoms with Gasteiger partial charge in [0.25, 0.3) is 0 Å². The molecule has 6 aromatic rings. The fourth-order valence-corrected chi connectivity index (χ4v) is 5.00. The summed E-state index contributed by atoms with van der Waals surface area (Å²) in [6.45, 7) is 0.00974. The summed E-state index contributed by atoms with van der Waals surface area (Å²) in [6.07, 6.45) is 2.84. The first kappa shape index (κ1) is 23.1. The highest BCUT2D eigenvalue weighted by Crippen LogP contribution is 2.35. The van der Waals surface area contributed by atoms with Gasteiger partial charge < -0.3 is 4.98 Å². The third-order valence-electron chi connectivity index (χ3n) is 6.25. The van der Waals surface area contributed by atoms with Crippen LogP contribution in [0.15, 0.2) is 85.1 Å². The number of H-pyrrole nitrogens is 2. The van der Waals surface area contributed by atoms with Crippen molar-refractivity contribution in [1.82, 2.24) is 24.9 Å². The smallest absolute Gasteiger partial charge is 0.209 e. The first-order chi connectivity index (χ1) is 17.8. The van der Waals surface area contributed by atoms with Gasteiger partial charge in [0.15, 0.2) is 0 Å². The van der Waals surface area contributed by atoms with Crippen molar-refractivity contribution in [3.8, 4) is 33.8 Å². The Morgan fingerprint density at radius 3 is 2.59 bits per heavy atom. The predicted octanol–water partition coefficient (Wildman–Crippen LogP) is 5.63. The lowest BCUT2D eigenvalue weighted by molar-refractivity contribution is 0.586. The average Bonchev–Trinajstić information content (AvgIpc) is 3.51. The molecule has 0 radical (unpaired) electrons. The summed E-state index contributed by atoms with van der Waals surface area (Å²) in [5, 5.41) is 9.53. The van der Waals surface area contributed by atoms with Crippen LogP contribution in [0.4, 0.5) is 4.39 Å². The Labute approximate surface area is 212 Å². The molecule has 0 bridgehead atoms. The molecule has 0 aliphatic rings. The van der Waals surface area contributed by atoms with Gasteiger partial charge in [-0.1, -0.05) is 24.3 Å². The zero-order chi connectivity index (χ0) is 25.6. The molecular formula is C28H22FN5O2S. The molecule has 0 aliphatic carbocycles. The molecular weight excluding hydrogens is 489 g/mol. The number of nitrogens with one attached hydrogen (secondary N) is 3. The third-order valence-corrected chi connectivity index (χ3v) is 6.92. The largest absolute Gasteiger partial charge is 0.353 e. The van der Waals surface area contributed by atoms with E-state index in [1.807, 2.05) is 54.6 Å². The number of halogens is 1. The standard InChI is InChI=1S/C28H22FN5O2S/c1-37(35,36)31-16-17-11-19(13-20(29)12-17)21-5-4-7-25-22(21)15-27(32-25)28-23-14-18(8-9-26(23)33-34-28)24-6-2-3-10-30-24/h2-15,31-32H,16H2,1H3,(H,33,34). The molecule has 0 saturated heterocycles. The number of pyridine rings is 1. The molecule has 0 fully saturated rings. The van der Waals surface area contributed by atoms with E-state index in [1.165, 1.54) is 12.1 Å². The molecule has 3 N–H and O–H groups in total. The second-order valence-electron chi connectivity index (χ2n) is 8.94. The lowest BCUT2D eigenvalue weighted by Crippen LogP contribution is -2.21. The van der Waals surface area contributed by atoms with Gasteiger partial charge >= 0.3 is 0 Å². The number of hydrogen-bond acceptors (Lipinski definition) is 4. The number of sulfonamides is 1. The van der Waals surface area contributed by atoms with Crippen molar-refractivity contribution in [2.75, 3.05) is 6.26 Å². The van der Waals surface area contributed by atoms with E-state index in [1.54, 1.807) is 12.3 Å². The number of aromatic amines is 2. The summed E-state index contributed by atoms with van der Waals surface area (Å²) >= 11 is 0. The Balaban J connectivity index is 1.44. The van der Waals surface area contributed by atoms with Crippen LogP contribution in [0.3, 0.4) is 0 Å². The van der Waals surface area contributed by atoms with Crippen molar-refractivity contribution in [2.45, 2.75) is 6.54 Å². The minimum absolute atomic E-state index is 0.00974. The second-order valence-corrected chi connectivity index (χ2v) is 10.8. The average molecular weight is 512 g/mol. The molecule has 37 heavy (non-hydrogen) atoms. The summed E-state index contributed by atoms with van der Waals surface area (Å²) in [5.41, 5.74) is 7.26. The second kappa shape index (κ2) is 8.95. The molecule has 0 unspecified atom stereocenters. The monoisotopic (exact) mass is 511 g/mol. The maximum absolute atomic E-state index is 14.5. The first-order valence-corrected chi connectivity index (χ1v) is 13.5. The Kier molecular flexibility index (Phi) is 5.58. The Morgan fingerprint density at radius 1 is 0.892 bits per heavy atom. The number of benzene rings is 3. The molecule has 0 amide bonds. The number of aromatic nitrogens is 4. The summed E-state index contributed by atoms with van der Waals surface area (Å²) < 4.78 is 39.9. The summed E-state index contributed by atoms with van der Waals surface area (Å²) in [7, 11) is -3.40. The van der Waals surface area contributed by atoms with E-state index in [2.05, 4.69) is 31.0 Å². The van der Waals surface area contributed by atoms with Gasteiger partial charge in [0, 0.05) is 34.6 Å². The molecule has 0 atom stereocenters. The lowest BCUT2D eigenvalue weighted by atomic mass is 9.99. The third kappa shape index (κ3) is 4.62. The molecule has 3 heterocycles. The van der Waals surface area contributed by atoms with Gasteiger partial charge in [0.2, 0.25) is 10.0 Å². The van der Waals surface area contributed by atoms with E-state index in [0.717, 1.165) is 56.3 Å². The zero-order valence-electron chi connectivity index (χ0n) is 19.8. The van der Waals surface area contributed by atoms with Crippen LogP contribution in [0.2, 0.25) is 0 Å². The zero-order valence-corrected chi connectivity index (χ0v) is 20.6. The minimum Gasteiger partial charge on any atom is -0.353 e. The number of rotatable bonds is 6. The van der Waals surface area contributed by atoms with Crippen molar-refractivity contribution < 1.29 is 12.8 Å². The van der Waals surface area contributed by atoms with Gasteiger partial charge in [-0.05, 0) is 71.3 Å². The quantitative estimate of drug-likeness (QED) is 0.270. The van der Waals surface area contributed by atoms with Crippen molar-refractivity contribution in [3.63, 3.8) is 0 Å². The van der Waals surface area contributed by atoms with Crippen LogP contribution in [0.1, 0.15) is 5.56 Å². The van der Waals surface area contributed by atoms with Crippen LogP contribution in [-0.4, -0.2) is 34.8 Å². The van der Waals surface area contributed by atoms with E-state index in [0.29, 0.717) is 11.1 Å². The number of hydrogen-bond donors (Lipinski definition) is 3. The lowest BCUT2D eigenvalue weighted by Gasteiger charge is -2.08. The van der Waals surface area contributed by atoms with Crippen LogP contribution in [0, 0.1) is 5.82 Å². The molecule has 184 valence electrons. The highest BCUT2D eigenvalue weighted by molar-refractivity contribution is 7.88. The maximum atomic E-state index is 14.5. The molecule has 0 aliphatic heterocycles. The van der Waals surface area contributed by atoms with E-state index in [9.17, 15) is 12.8 Å². The molecule has 3 aromatic heterocycles. The van der Waals surface area contributed by atoms with Gasteiger partial charge in [-0.2, -0.15) is 5.10 Å². The van der Waals surface area contributed by atoms with Gasteiger partial charge in [0.1, 0.15) is 11.5 Å². The summed E-state index contributed by atoms with van der Waals surface area (Å²) in [6, 6.07) is 24.2. The SMILES string of the molecule is CS(=O)(=O)NCc1cc(F)cc(-c2cccc3[nH]c(-c4n[nH]c5ccc(-c6ccccn6)cc45)cc23)c1. The Hall–Kier alpha value is -4.34. The molecule has 0 spiro atoms. The number of nitrogens with zero attached hydrogens (tertiary/aromatic N) is 2. The van der Waals surface area contributed by atoms with E-state index in [4.69, 9.17) is 0 Å². The normalized spacial score (nSPS) is 11.9. The summed E-state index contributed by atoms with van der Waals surface area (Å²) in [4.78, 5) is 7.91.